The van der Waals surface area contributed by atoms with E-state index in [0.717, 1.165) is 0 Å². The van der Waals surface area contributed by atoms with Gasteiger partial charge in [-0.05, 0) is 19.9 Å². The lowest BCUT2D eigenvalue weighted by molar-refractivity contribution is 0.393. The van der Waals surface area contributed by atoms with Gasteiger partial charge < -0.3 is 23.7 Å². The number of aryl methyl sites for hydroxylation is 1. The summed E-state index contributed by atoms with van der Waals surface area (Å²) in [4.78, 5) is 12.7. The first-order valence-corrected chi connectivity index (χ1v) is 7.33. The van der Waals surface area contributed by atoms with Crippen LogP contribution in [0.15, 0.2) is 21.3 Å². The molecule has 0 aliphatic heterocycles. The van der Waals surface area contributed by atoms with E-state index in [0.29, 0.717) is 39.3 Å². The molecule has 1 aromatic heterocycles. The van der Waals surface area contributed by atoms with Crippen LogP contribution in [0.1, 0.15) is 11.3 Å². The van der Waals surface area contributed by atoms with Crippen molar-refractivity contribution in [1.82, 2.24) is 0 Å². The molecule has 0 atom stereocenters. The smallest absolute Gasteiger partial charge is 0.199 e. The van der Waals surface area contributed by atoms with Gasteiger partial charge in [-0.25, -0.2) is 0 Å². The van der Waals surface area contributed by atoms with Gasteiger partial charge in [0.05, 0.1) is 26.7 Å². The van der Waals surface area contributed by atoms with Gasteiger partial charge in [0, 0.05) is 17.0 Å². The molecular formula is C18H18O6. The van der Waals surface area contributed by atoms with Crippen LogP contribution in [0, 0.1) is 13.8 Å². The molecule has 6 heteroatoms. The maximum atomic E-state index is 12.7. The Balaban J connectivity index is 2.69. The Labute approximate surface area is 138 Å². The van der Waals surface area contributed by atoms with Gasteiger partial charge in [0.25, 0.3) is 0 Å². The summed E-state index contributed by atoms with van der Waals surface area (Å²) in [5.41, 5.74) is 0.335. The van der Waals surface area contributed by atoms with Crippen molar-refractivity contribution in [1.29, 1.82) is 0 Å². The maximum Gasteiger partial charge on any atom is 0.199 e. The molecule has 0 saturated heterocycles. The van der Waals surface area contributed by atoms with Gasteiger partial charge in [0.15, 0.2) is 16.8 Å². The lowest BCUT2D eigenvalue weighted by atomic mass is 10.0. The maximum absolute atomic E-state index is 12.7. The molecule has 2 aromatic carbocycles. The largest absolute Gasteiger partial charge is 0.506 e. The van der Waals surface area contributed by atoms with E-state index in [1.54, 1.807) is 26.0 Å². The highest BCUT2D eigenvalue weighted by Crippen LogP contribution is 2.46. The summed E-state index contributed by atoms with van der Waals surface area (Å²) in [7, 11) is 4.49. The molecule has 3 rings (SSSR count). The minimum Gasteiger partial charge on any atom is -0.506 e. The topological polar surface area (TPSA) is 78.1 Å². The molecule has 1 N–H and O–H groups in total. The molecule has 3 aromatic rings. The Morgan fingerprint density at radius 1 is 1.00 bits per heavy atom. The number of aromatic hydroxyl groups is 1. The Hall–Kier alpha value is -2.89. The zero-order valence-corrected chi connectivity index (χ0v) is 14.1. The van der Waals surface area contributed by atoms with Gasteiger partial charge in [-0.1, -0.05) is 0 Å². The second-order valence-electron chi connectivity index (χ2n) is 5.45. The average molecular weight is 330 g/mol. The highest BCUT2D eigenvalue weighted by atomic mass is 16.5. The van der Waals surface area contributed by atoms with E-state index in [-0.39, 0.29) is 22.1 Å². The monoisotopic (exact) mass is 330 g/mol. The Morgan fingerprint density at radius 3 is 2.29 bits per heavy atom. The summed E-state index contributed by atoms with van der Waals surface area (Å²) in [5.74, 6) is 1.52. The van der Waals surface area contributed by atoms with Gasteiger partial charge in [-0.2, -0.15) is 0 Å². The van der Waals surface area contributed by atoms with Crippen LogP contribution in [-0.2, 0) is 0 Å². The first-order chi connectivity index (χ1) is 11.4. The number of phenolic OH excluding ortho intramolecular Hbond substituents is 1. The van der Waals surface area contributed by atoms with E-state index in [4.69, 9.17) is 18.6 Å². The quantitative estimate of drug-likeness (QED) is 0.743. The SMILES string of the molecule is COc1cc(OC)c2c(O)c3c(=O)c(C)c(C)oc3c(OC)c2c1. The van der Waals surface area contributed by atoms with Crippen molar-refractivity contribution in [3.63, 3.8) is 0 Å². The molecule has 0 bridgehead atoms. The first kappa shape index (κ1) is 16.0. The van der Waals surface area contributed by atoms with Gasteiger partial charge in [-0.15, -0.1) is 0 Å². The number of hydrogen-bond donors (Lipinski definition) is 1. The van der Waals surface area contributed by atoms with Gasteiger partial charge in [0.2, 0.25) is 0 Å². The summed E-state index contributed by atoms with van der Waals surface area (Å²) in [6, 6.07) is 3.33. The van der Waals surface area contributed by atoms with E-state index in [1.165, 1.54) is 21.3 Å². The van der Waals surface area contributed by atoms with Crippen LogP contribution in [0.5, 0.6) is 23.0 Å². The number of fused-ring (bicyclic) bond motifs is 2. The summed E-state index contributed by atoms with van der Waals surface area (Å²) in [5, 5.41) is 11.7. The predicted molar refractivity (Wildman–Crippen MR) is 90.8 cm³/mol. The zero-order valence-electron chi connectivity index (χ0n) is 14.1. The Kier molecular flexibility index (Phi) is 3.75. The van der Waals surface area contributed by atoms with Crippen molar-refractivity contribution in [2.45, 2.75) is 13.8 Å². The molecule has 6 nitrogen and oxygen atoms in total. The minimum absolute atomic E-state index is 0.0749. The molecule has 126 valence electrons. The molecule has 0 radical (unpaired) electrons. The van der Waals surface area contributed by atoms with Crippen molar-refractivity contribution in [3.05, 3.63) is 33.7 Å². The van der Waals surface area contributed by atoms with Crippen LogP contribution < -0.4 is 19.6 Å². The van der Waals surface area contributed by atoms with E-state index in [1.807, 2.05) is 0 Å². The lowest BCUT2D eigenvalue weighted by Crippen LogP contribution is -2.08. The Morgan fingerprint density at radius 2 is 1.71 bits per heavy atom. The third-order valence-corrected chi connectivity index (χ3v) is 4.24. The molecule has 0 fully saturated rings. The normalized spacial score (nSPS) is 11.0. The minimum atomic E-state index is -0.302. The molecule has 0 saturated carbocycles. The van der Waals surface area contributed by atoms with Crippen molar-refractivity contribution in [3.8, 4) is 23.0 Å². The van der Waals surface area contributed by atoms with E-state index >= 15 is 0 Å². The third kappa shape index (κ3) is 2.06. The third-order valence-electron chi connectivity index (χ3n) is 4.24. The number of phenols is 1. The Bertz CT molecular complexity index is 1020. The summed E-state index contributed by atoms with van der Waals surface area (Å²) in [6.45, 7) is 3.35. The van der Waals surface area contributed by atoms with Gasteiger partial charge in [0.1, 0.15) is 28.4 Å². The van der Waals surface area contributed by atoms with Crippen molar-refractivity contribution in [2.24, 2.45) is 0 Å². The highest BCUT2D eigenvalue weighted by molar-refractivity contribution is 6.11. The molecule has 1 heterocycles. The molecule has 0 aliphatic rings. The zero-order chi connectivity index (χ0) is 17.6. The molecule has 0 aliphatic carbocycles. The van der Waals surface area contributed by atoms with Crippen LogP contribution in [0.2, 0.25) is 0 Å². The second-order valence-corrected chi connectivity index (χ2v) is 5.45. The fourth-order valence-electron chi connectivity index (χ4n) is 2.85. The fourth-order valence-corrected chi connectivity index (χ4v) is 2.85. The van der Waals surface area contributed by atoms with E-state index in [9.17, 15) is 9.90 Å². The molecule has 0 unspecified atom stereocenters. The lowest BCUT2D eigenvalue weighted by Gasteiger charge is -2.16. The molecule has 24 heavy (non-hydrogen) atoms. The van der Waals surface area contributed by atoms with Crippen molar-refractivity contribution in [2.75, 3.05) is 21.3 Å². The number of hydrogen-bond acceptors (Lipinski definition) is 6. The summed E-state index contributed by atoms with van der Waals surface area (Å²) in [6.07, 6.45) is 0. The van der Waals surface area contributed by atoms with E-state index in [2.05, 4.69) is 0 Å². The standard InChI is InChI=1S/C18H18O6/c1-8-9(2)24-18-14(15(8)19)16(20)13-11(17(18)23-5)6-10(21-3)7-12(13)22-4/h6-7,20H,1-5H3. The van der Waals surface area contributed by atoms with Crippen molar-refractivity contribution < 1.29 is 23.7 Å². The highest BCUT2D eigenvalue weighted by Gasteiger charge is 2.23. The van der Waals surface area contributed by atoms with Gasteiger partial charge in [-0.3, -0.25) is 4.79 Å². The fraction of sp³-hybridized carbons (Fsp3) is 0.278. The van der Waals surface area contributed by atoms with E-state index < -0.39 is 0 Å². The molecule has 0 spiro atoms. The first-order valence-electron chi connectivity index (χ1n) is 7.33. The number of benzene rings is 2. The van der Waals surface area contributed by atoms with Crippen LogP contribution in [0.4, 0.5) is 0 Å². The summed E-state index contributed by atoms with van der Waals surface area (Å²) < 4.78 is 21.9. The van der Waals surface area contributed by atoms with Crippen LogP contribution in [0.3, 0.4) is 0 Å². The summed E-state index contributed by atoms with van der Waals surface area (Å²) >= 11 is 0. The average Bonchev–Trinajstić information content (AvgIpc) is 2.58. The number of rotatable bonds is 3. The predicted octanol–water partition coefficient (Wildman–Crippen LogP) is 3.29. The van der Waals surface area contributed by atoms with Crippen LogP contribution in [-0.4, -0.2) is 26.4 Å². The molecular weight excluding hydrogens is 312 g/mol. The van der Waals surface area contributed by atoms with Crippen LogP contribution in [0.25, 0.3) is 21.7 Å². The number of ether oxygens (including phenoxy) is 3. The number of methoxy groups -OCH3 is 3. The molecule has 0 amide bonds. The second kappa shape index (κ2) is 5.63. The van der Waals surface area contributed by atoms with Crippen molar-refractivity contribution >= 4 is 21.7 Å². The van der Waals surface area contributed by atoms with Gasteiger partial charge >= 0.3 is 0 Å². The van der Waals surface area contributed by atoms with Crippen LogP contribution >= 0.6 is 0 Å².